The Balaban J connectivity index is 0.000000135. The third-order valence-corrected chi connectivity index (χ3v) is 21.4. The maximum Gasteiger partial charge on any atom is -0.00199 e. The second-order valence-electron chi connectivity index (χ2n) is 26.9. The van der Waals surface area contributed by atoms with Gasteiger partial charge in [-0.15, -0.1) is 0 Å². The Morgan fingerprint density at radius 2 is 0.390 bits per heavy atom. The molecule has 0 atom stereocenters. The van der Waals surface area contributed by atoms with Crippen LogP contribution in [0.2, 0.25) is 0 Å². The van der Waals surface area contributed by atoms with Crippen LogP contribution < -0.4 is 0 Å². The van der Waals surface area contributed by atoms with Crippen molar-refractivity contribution in [3.63, 3.8) is 0 Å². The molecule has 0 aliphatic carbocycles. The molecule has 0 bridgehead atoms. The molecule has 0 nitrogen and oxygen atoms in total. The van der Waals surface area contributed by atoms with Crippen molar-refractivity contribution in [3.05, 3.63) is 376 Å². The van der Waals surface area contributed by atoms with E-state index < -0.39 is 0 Å². The molecule has 0 saturated heterocycles. The molecule has 0 aliphatic rings. The SMILES string of the molecule is c1ccc2c(-c3ccc4ccc(-c5c6ccccc6c(-c6cc7ccccc7c7ccccc67)c6ccccc56)cc4c3)cccc2c1.c1ccc2cc(-c3ccc4ccc(-c5c6ccccc6c(-c6ccc7c8ccccc8c8ccccc8c7c6)c6ccccc56)cc4c3)ccc2c1. The molecule has 462 valence electrons. The molecule has 0 amide bonds. The first-order valence-corrected chi connectivity index (χ1v) is 34.8. The lowest BCUT2D eigenvalue weighted by atomic mass is 9.83. The van der Waals surface area contributed by atoms with Crippen LogP contribution in [0.3, 0.4) is 0 Å². The third kappa shape index (κ3) is 9.37. The van der Waals surface area contributed by atoms with Gasteiger partial charge in [0.25, 0.3) is 0 Å². The fraction of sp³-hybridized carbons (Fsp3) is 0. The van der Waals surface area contributed by atoms with Gasteiger partial charge in [-0.05, 0) is 249 Å². The van der Waals surface area contributed by atoms with Crippen LogP contribution in [0, 0.1) is 0 Å². The van der Waals surface area contributed by atoms with Crippen molar-refractivity contribution in [2.45, 2.75) is 0 Å². The van der Waals surface area contributed by atoms with E-state index in [1.807, 2.05) is 0 Å². The summed E-state index contributed by atoms with van der Waals surface area (Å²) < 4.78 is 0. The smallest absolute Gasteiger partial charge is 0.00199 e. The second kappa shape index (κ2) is 23.4. The summed E-state index contributed by atoms with van der Waals surface area (Å²) in [4.78, 5) is 0. The second-order valence-corrected chi connectivity index (χ2v) is 26.9. The van der Waals surface area contributed by atoms with E-state index >= 15 is 0 Å². The lowest BCUT2D eigenvalue weighted by Crippen LogP contribution is -1.92. The van der Waals surface area contributed by atoms with Crippen LogP contribution in [0.15, 0.2) is 376 Å². The highest BCUT2D eigenvalue weighted by Crippen LogP contribution is 2.49. The van der Waals surface area contributed by atoms with E-state index in [-0.39, 0.29) is 0 Å². The van der Waals surface area contributed by atoms with Crippen molar-refractivity contribution < 1.29 is 0 Å². The molecule has 21 rings (SSSR count). The van der Waals surface area contributed by atoms with E-state index in [0.717, 1.165) is 0 Å². The van der Waals surface area contributed by atoms with Crippen molar-refractivity contribution >= 4 is 140 Å². The fourth-order valence-electron chi connectivity index (χ4n) is 16.8. The first-order valence-electron chi connectivity index (χ1n) is 34.8. The average molecular weight is 1260 g/mol. The van der Waals surface area contributed by atoms with E-state index in [9.17, 15) is 0 Å². The van der Waals surface area contributed by atoms with Gasteiger partial charge in [-0.25, -0.2) is 0 Å². The van der Waals surface area contributed by atoms with E-state index in [1.54, 1.807) is 0 Å². The zero-order valence-corrected chi connectivity index (χ0v) is 54.8. The van der Waals surface area contributed by atoms with Crippen LogP contribution in [0.25, 0.3) is 207 Å². The Kier molecular flexibility index (Phi) is 13.4. The van der Waals surface area contributed by atoms with Crippen LogP contribution in [-0.4, -0.2) is 0 Å². The number of fused-ring (bicyclic) bond motifs is 17. The van der Waals surface area contributed by atoms with Crippen molar-refractivity contribution in [3.8, 4) is 66.8 Å². The minimum Gasteiger partial charge on any atom is -0.0616 e. The molecule has 100 heavy (non-hydrogen) atoms. The molecule has 21 aromatic carbocycles. The van der Waals surface area contributed by atoms with E-state index in [1.165, 1.54) is 207 Å². The average Bonchev–Trinajstić information content (AvgIpc) is 0.734. The molecule has 0 saturated carbocycles. The summed E-state index contributed by atoms with van der Waals surface area (Å²) in [6, 6.07) is 139. The number of hydrogen-bond donors (Lipinski definition) is 0. The molecule has 0 heterocycles. The Morgan fingerprint density at radius 1 is 0.100 bits per heavy atom. The summed E-state index contributed by atoms with van der Waals surface area (Å²) >= 11 is 0. The Hall–Kier alpha value is -13.0. The maximum atomic E-state index is 2.43. The predicted octanol–water partition coefficient (Wildman–Crippen LogP) is 28.4. The normalized spacial score (nSPS) is 11.8. The molecule has 0 fully saturated rings. The third-order valence-electron chi connectivity index (χ3n) is 21.4. The highest BCUT2D eigenvalue weighted by Gasteiger charge is 2.22. The number of hydrogen-bond acceptors (Lipinski definition) is 0. The molecular weight excluding hydrogens is 1200 g/mol. The zero-order valence-electron chi connectivity index (χ0n) is 54.8. The Labute approximate surface area is 579 Å². The number of benzene rings is 21. The van der Waals surface area contributed by atoms with Crippen molar-refractivity contribution in [1.29, 1.82) is 0 Å². The summed E-state index contributed by atoms with van der Waals surface area (Å²) in [5, 5.41) is 33.1. The van der Waals surface area contributed by atoms with Crippen LogP contribution in [0.1, 0.15) is 0 Å². The van der Waals surface area contributed by atoms with Crippen LogP contribution in [-0.2, 0) is 0 Å². The van der Waals surface area contributed by atoms with E-state index in [4.69, 9.17) is 0 Å². The van der Waals surface area contributed by atoms with Crippen molar-refractivity contribution in [2.75, 3.05) is 0 Å². The van der Waals surface area contributed by atoms with Gasteiger partial charge in [-0.2, -0.15) is 0 Å². The van der Waals surface area contributed by atoms with Crippen LogP contribution in [0.4, 0.5) is 0 Å². The summed E-state index contributed by atoms with van der Waals surface area (Å²) in [6.07, 6.45) is 0. The first-order chi connectivity index (χ1) is 49.6. The molecule has 0 radical (unpaired) electrons. The van der Waals surface area contributed by atoms with Gasteiger partial charge >= 0.3 is 0 Å². The lowest BCUT2D eigenvalue weighted by Gasteiger charge is -2.20. The first kappa shape index (κ1) is 57.3. The monoisotopic (exact) mass is 1260 g/mol. The Bertz CT molecular complexity index is 6810. The lowest BCUT2D eigenvalue weighted by molar-refractivity contribution is 1.66. The predicted molar refractivity (Wildman–Crippen MR) is 433 cm³/mol. The highest BCUT2D eigenvalue weighted by atomic mass is 14.2. The van der Waals surface area contributed by atoms with Gasteiger partial charge in [0, 0.05) is 0 Å². The van der Waals surface area contributed by atoms with E-state index in [2.05, 4.69) is 376 Å². The quantitative estimate of drug-likeness (QED) is 0.115. The molecule has 0 aliphatic heterocycles. The highest BCUT2D eigenvalue weighted by molar-refractivity contribution is 6.29. The molecule has 21 aromatic rings. The van der Waals surface area contributed by atoms with Crippen molar-refractivity contribution in [1.82, 2.24) is 0 Å². The molecule has 0 heteroatoms. The summed E-state index contributed by atoms with van der Waals surface area (Å²) in [7, 11) is 0. The van der Waals surface area contributed by atoms with Gasteiger partial charge in [0.15, 0.2) is 0 Å². The van der Waals surface area contributed by atoms with Gasteiger partial charge < -0.3 is 0 Å². The maximum absolute atomic E-state index is 2.43. The van der Waals surface area contributed by atoms with Crippen LogP contribution >= 0.6 is 0 Å². The van der Waals surface area contributed by atoms with Gasteiger partial charge in [0.1, 0.15) is 0 Å². The topological polar surface area (TPSA) is 0 Å². The Morgan fingerprint density at radius 3 is 0.890 bits per heavy atom. The standard InChI is InChI=1S/C52H32.C48H30/c1-2-12-35-29-36(24-21-33(35)11-1)37-25-22-34-23-26-38(31-40(34)30-37)51-46-17-7-9-19-48(46)52(49-20-10-8-18-47(49)51)39-27-28-45-43-15-4-3-13-41(43)42-14-5-6-16-44(42)50(45)32-39;1-3-15-37-32(12-1)14-11-23-38(37)34-26-24-31-25-27-35(29-36(31)28-34)47-42-19-7-9-21-44(42)48(45-22-10-8-20-43(45)47)46-30-33-13-2-4-16-39(33)40-17-5-6-18-41(40)46/h1-32H;1-30H. The summed E-state index contributed by atoms with van der Waals surface area (Å²) in [5.41, 5.74) is 15.1. The van der Waals surface area contributed by atoms with Gasteiger partial charge in [0.05, 0.1) is 0 Å². The minimum atomic E-state index is 1.23. The number of rotatable bonds is 6. The summed E-state index contributed by atoms with van der Waals surface area (Å²) in [5.74, 6) is 0. The fourth-order valence-corrected chi connectivity index (χ4v) is 16.8. The largest absolute Gasteiger partial charge is 0.0616 e. The zero-order chi connectivity index (χ0) is 65.8. The molecule has 0 N–H and O–H groups in total. The minimum absolute atomic E-state index is 1.23. The molecule has 0 unspecified atom stereocenters. The van der Waals surface area contributed by atoms with Gasteiger partial charge in [-0.3, -0.25) is 0 Å². The van der Waals surface area contributed by atoms with Crippen molar-refractivity contribution in [2.24, 2.45) is 0 Å². The molecule has 0 spiro atoms. The van der Waals surface area contributed by atoms with E-state index in [0.29, 0.717) is 0 Å². The van der Waals surface area contributed by atoms with Crippen LogP contribution in [0.5, 0.6) is 0 Å². The molecular formula is C100H62. The van der Waals surface area contributed by atoms with Gasteiger partial charge in [0.2, 0.25) is 0 Å². The summed E-state index contributed by atoms with van der Waals surface area (Å²) in [6.45, 7) is 0. The molecule has 0 aromatic heterocycles. The van der Waals surface area contributed by atoms with Gasteiger partial charge in [-0.1, -0.05) is 334 Å².